The van der Waals surface area contributed by atoms with Crippen molar-refractivity contribution in [2.45, 2.75) is 39.2 Å². The molecule has 4 heteroatoms. The summed E-state index contributed by atoms with van der Waals surface area (Å²) in [5.41, 5.74) is 1.31. The number of unbranched alkanes of at least 4 members (excludes halogenated alkanes) is 1. The van der Waals surface area contributed by atoms with Gasteiger partial charge in [-0.2, -0.15) is 0 Å². The Morgan fingerprint density at radius 1 is 1.35 bits per heavy atom. The van der Waals surface area contributed by atoms with Crippen LogP contribution >= 0.6 is 0 Å². The number of benzene rings is 1. The van der Waals surface area contributed by atoms with E-state index in [9.17, 15) is 4.79 Å². The molecule has 1 heterocycles. The summed E-state index contributed by atoms with van der Waals surface area (Å²) in [4.78, 5) is 16.0. The lowest BCUT2D eigenvalue weighted by Crippen LogP contribution is -3.11. The Bertz CT molecular complexity index is 496. The molecule has 0 radical (unpaired) electrons. The minimum atomic E-state index is 0.228. The van der Waals surface area contributed by atoms with E-state index in [0.717, 1.165) is 57.6 Å². The molecular weight excluding hydrogens is 288 g/mol. The number of methoxy groups -OCH3 is 1. The maximum Gasteiger partial charge on any atom is 0.225 e. The van der Waals surface area contributed by atoms with Crippen molar-refractivity contribution in [1.82, 2.24) is 4.90 Å². The summed E-state index contributed by atoms with van der Waals surface area (Å²) >= 11 is 0. The zero-order valence-corrected chi connectivity index (χ0v) is 14.8. The molecule has 1 aromatic carbocycles. The van der Waals surface area contributed by atoms with Gasteiger partial charge in [-0.25, -0.2) is 0 Å². The van der Waals surface area contributed by atoms with Crippen LogP contribution in [0, 0.1) is 5.92 Å². The molecule has 1 aliphatic rings. The smallest absolute Gasteiger partial charge is 0.225 e. The van der Waals surface area contributed by atoms with Gasteiger partial charge in [-0.1, -0.05) is 25.5 Å². The third kappa shape index (κ3) is 5.24. The van der Waals surface area contributed by atoms with Crippen LogP contribution in [0.2, 0.25) is 0 Å². The Morgan fingerprint density at radius 2 is 2.09 bits per heavy atom. The standard InChI is InChI=1S/C19H30N2O2/c1-4-5-11-20(2)19(22)17-9-12-21(13-10-17)15-16-7-6-8-18(14-16)23-3/h6-8,14,17H,4-5,9-13,15H2,1-3H3/p+1. The van der Waals surface area contributed by atoms with Crippen LogP contribution in [0.3, 0.4) is 0 Å². The molecule has 1 aromatic rings. The van der Waals surface area contributed by atoms with Gasteiger partial charge >= 0.3 is 0 Å². The van der Waals surface area contributed by atoms with Gasteiger partial charge in [0.05, 0.1) is 20.2 Å². The largest absolute Gasteiger partial charge is 0.497 e. The maximum atomic E-state index is 12.5. The summed E-state index contributed by atoms with van der Waals surface area (Å²) in [6, 6.07) is 8.30. The molecule has 0 aliphatic carbocycles. The van der Waals surface area contributed by atoms with Gasteiger partial charge in [-0.15, -0.1) is 0 Å². The summed E-state index contributed by atoms with van der Waals surface area (Å²) in [5, 5.41) is 0. The van der Waals surface area contributed by atoms with Gasteiger partial charge in [0.25, 0.3) is 0 Å². The second-order valence-electron chi connectivity index (χ2n) is 6.67. The van der Waals surface area contributed by atoms with Crippen LogP contribution < -0.4 is 9.64 Å². The van der Waals surface area contributed by atoms with Crippen LogP contribution in [0.15, 0.2) is 24.3 Å². The predicted molar refractivity (Wildman–Crippen MR) is 92.7 cm³/mol. The molecule has 128 valence electrons. The Morgan fingerprint density at radius 3 is 2.74 bits per heavy atom. The molecule has 0 bridgehead atoms. The molecule has 1 amide bonds. The highest BCUT2D eigenvalue weighted by atomic mass is 16.5. The van der Waals surface area contributed by atoms with E-state index >= 15 is 0 Å². The Balaban J connectivity index is 1.80. The summed E-state index contributed by atoms with van der Waals surface area (Å²) in [7, 11) is 3.66. The highest BCUT2D eigenvalue weighted by molar-refractivity contribution is 5.78. The fourth-order valence-corrected chi connectivity index (χ4v) is 3.34. The van der Waals surface area contributed by atoms with Crippen molar-refractivity contribution >= 4 is 5.91 Å². The van der Waals surface area contributed by atoms with Crippen molar-refractivity contribution in [2.24, 2.45) is 5.92 Å². The van der Waals surface area contributed by atoms with Gasteiger partial charge in [0.2, 0.25) is 5.91 Å². The SMILES string of the molecule is CCCCN(C)C(=O)C1CC[NH+](Cc2cccc(OC)c2)CC1. The van der Waals surface area contributed by atoms with E-state index in [2.05, 4.69) is 19.1 Å². The van der Waals surface area contributed by atoms with E-state index in [1.165, 1.54) is 5.56 Å². The average Bonchev–Trinajstić information content (AvgIpc) is 2.60. The van der Waals surface area contributed by atoms with Crippen LogP contribution in [-0.2, 0) is 11.3 Å². The fourth-order valence-electron chi connectivity index (χ4n) is 3.34. The Kier molecular flexibility index (Phi) is 6.90. The number of likely N-dealkylation sites (tertiary alicyclic amines) is 1. The topological polar surface area (TPSA) is 34.0 Å². The van der Waals surface area contributed by atoms with Crippen LogP contribution in [0.1, 0.15) is 38.2 Å². The number of piperidine rings is 1. The van der Waals surface area contributed by atoms with Gasteiger partial charge in [0.15, 0.2) is 0 Å². The number of hydrogen-bond donors (Lipinski definition) is 1. The molecule has 0 atom stereocenters. The second kappa shape index (κ2) is 8.92. The van der Waals surface area contributed by atoms with Crippen molar-refractivity contribution in [2.75, 3.05) is 33.8 Å². The van der Waals surface area contributed by atoms with Gasteiger partial charge in [0, 0.05) is 37.9 Å². The highest BCUT2D eigenvalue weighted by Gasteiger charge is 2.29. The van der Waals surface area contributed by atoms with Gasteiger partial charge in [0.1, 0.15) is 12.3 Å². The van der Waals surface area contributed by atoms with E-state index in [4.69, 9.17) is 4.74 Å². The molecule has 0 aromatic heterocycles. The third-order valence-corrected chi connectivity index (χ3v) is 4.85. The number of carbonyl (C=O) groups is 1. The van der Waals surface area contributed by atoms with E-state index in [-0.39, 0.29) is 5.92 Å². The van der Waals surface area contributed by atoms with E-state index in [1.54, 1.807) is 12.0 Å². The lowest BCUT2D eigenvalue weighted by Gasteiger charge is -2.31. The van der Waals surface area contributed by atoms with Crippen LogP contribution in [0.25, 0.3) is 0 Å². The van der Waals surface area contributed by atoms with Gasteiger partial charge in [-0.3, -0.25) is 4.79 Å². The molecule has 2 rings (SSSR count). The molecule has 0 unspecified atom stereocenters. The second-order valence-corrected chi connectivity index (χ2v) is 6.67. The monoisotopic (exact) mass is 319 g/mol. The average molecular weight is 319 g/mol. The molecule has 0 spiro atoms. The minimum absolute atomic E-state index is 0.228. The molecule has 1 N–H and O–H groups in total. The molecule has 0 saturated carbocycles. The molecule has 1 fully saturated rings. The number of ether oxygens (including phenoxy) is 1. The highest BCUT2D eigenvalue weighted by Crippen LogP contribution is 2.15. The molecule has 23 heavy (non-hydrogen) atoms. The number of quaternary nitrogens is 1. The third-order valence-electron chi connectivity index (χ3n) is 4.85. The van der Waals surface area contributed by atoms with Gasteiger partial charge < -0.3 is 14.5 Å². The number of amides is 1. The van der Waals surface area contributed by atoms with Crippen molar-refractivity contribution in [1.29, 1.82) is 0 Å². The first-order valence-electron chi connectivity index (χ1n) is 8.85. The van der Waals surface area contributed by atoms with E-state index < -0.39 is 0 Å². The van der Waals surface area contributed by atoms with Crippen molar-refractivity contribution in [3.05, 3.63) is 29.8 Å². The number of rotatable bonds is 7. The van der Waals surface area contributed by atoms with Crippen molar-refractivity contribution < 1.29 is 14.4 Å². The lowest BCUT2D eigenvalue weighted by atomic mass is 9.95. The minimum Gasteiger partial charge on any atom is -0.497 e. The summed E-state index contributed by atoms with van der Waals surface area (Å²) in [6.07, 6.45) is 4.26. The van der Waals surface area contributed by atoms with Crippen LogP contribution in [0.5, 0.6) is 5.75 Å². The van der Waals surface area contributed by atoms with Crippen LogP contribution in [0.4, 0.5) is 0 Å². The molecular formula is C19H31N2O2+. The maximum absolute atomic E-state index is 12.5. The summed E-state index contributed by atoms with van der Waals surface area (Å²) in [6.45, 7) is 6.24. The first-order chi connectivity index (χ1) is 11.1. The molecule has 1 saturated heterocycles. The predicted octanol–water partition coefficient (Wildman–Crippen LogP) is 1.75. The lowest BCUT2D eigenvalue weighted by molar-refractivity contribution is -0.919. The summed E-state index contributed by atoms with van der Waals surface area (Å²) < 4.78 is 5.29. The van der Waals surface area contributed by atoms with Crippen molar-refractivity contribution in [3.8, 4) is 5.75 Å². The Hall–Kier alpha value is -1.55. The Labute approximate surface area is 140 Å². The zero-order chi connectivity index (χ0) is 16.7. The first-order valence-corrected chi connectivity index (χ1v) is 8.85. The van der Waals surface area contributed by atoms with E-state index in [0.29, 0.717) is 5.91 Å². The number of nitrogens with zero attached hydrogens (tertiary/aromatic N) is 1. The normalized spacial score (nSPS) is 21.0. The summed E-state index contributed by atoms with van der Waals surface area (Å²) in [5.74, 6) is 1.49. The number of nitrogens with one attached hydrogen (secondary N) is 1. The molecule has 1 aliphatic heterocycles. The quantitative estimate of drug-likeness (QED) is 0.831. The zero-order valence-electron chi connectivity index (χ0n) is 14.8. The van der Waals surface area contributed by atoms with Gasteiger partial charge in [-0.05, 0) is 18.6 Å². The first kappa shape index (κ1) is 17.8. The van der Waals surface area contributed by atoms with E-state index in [1.807, 2.05) is 24.1 Å². The van der Waals surface area contributed by atoms with Crippen LogP contribution in [-0.4, -0.2) is 44.6 Å². The fraction of sp³-hybridized carbons (Fsp3) is 0.632. The molecule has 4 nitrogen and oxygen atoms in total. The number of carbonyl (C=O) groups excluding carboxylic acids is 1. The number of hydrogen-bond acceptors (Lipinski definition) is 2. The van der Waals surface area contributed by atoms with Crippen molar-refractivity contribution in [3.63, 3.8) is 0 Å².